The fraction of sp³-hybridized carbons (Fsp3) is 0.0714. The molecule has 1 N–H and O–H groups in total. The number of aliphatic hydroxyl groups excluding tert-OH is 1. The maximum absolute atomic E-state index is 10.9. The summed E-state index contributed by atoms with van der Waals surface area (Å²) >= 11 is 1.36. The van der Waals surface area contributed by atoms with Gasteiger partial charge >= 0.3 is 0 Å². The lowest BCUT2D eigenvalue weighted by molar-refractivity contribution is -0.385. The first-order valence-electron chi connectivity index (χ1n) is 5.70. The second kappa shape index (κ2) is 6.19. The van der Waals surface area contributed by atoms with Crippen LogP contribution in [0.3, 0.4) is 0 Å². The third kappa shape index (κ3) is 3.15. The lowest BCUT2D eigenvalue weighted by Crippen LogP contribution is -1.92. The zero-order chi connectivity index (χ0) is 14.5. The van der Waals surface area contributed by atoms with E-state index in [0.717, 1.165) is 10.5 Å². The van der Waals surface area contributed by atoms with Gasteiger partial charge in [-0.1, -0.05) is 23.9 Å². The molecular formula is C14H10N2O3S. The molecular weight excluding hydrogens is 276 g/mol. The van der Waals surface area contributed by atoms with E-state index in [4.69, 9.17) is 10.4 Å². The molecule has 0 aromatic heterocycles. The van der Waals surface area contributed by atoms with Crippen LogP contribution in [0.5, 0.6) is 0 Å². The Hall–Kier alpha value is -2.36. The number of aliphatic hydroxyl groups is 1. The Bertz CT molecular complexity index is 678. The Morgan fingerprint density at radius 3 is 2.40 bits per heavy atom. The minimum Gasteiger partial charge on any atom is -0.392 e. The van der Waals surface area contributed by atoms with E-state index < -0.39 is 4.92 Å². The largest absolute Gasteiger partial charge is 0.392 e. The number of nitro benzene ring substituents is 1. The molecule has 5 nitrogen and oxygen atoms in total. The highest BCUT2D eigenvalue weighted by molar-refractivity contribution is 7.99. The fourth-order valence-corrected chi connectivity index (χ4v) is 2.47. The molecule has 2 rings (SSSR count). The van der Waals surface area contributed by atoms with Gasteiger partial charge in [0, 0.05) is 15.9 Å². The number of benzene rings is 2. The van der Waals surface area contributed by atoms with Crippen molar-refractivity contribution in [2.75, 3.05) is 0 Å². The molecule has 0 amide bonds. The van der Waals surface area contributed by atoms with E-state index in [1.165, 1.54) is 23.9 Å². The Morgan fingerprint density at radius 2 is 1.85 bits per heavy atom. The van der Waals surface area contributed by atoms with Crippen LogP contribution in [-0.4, -0.2) is 10.0 Å². The van der Waals surface area contributed by atoms with E-state index in [1.807, 2.05) is 12.1 Å². The molecule has 0 aliphatic heterocycles. The van der Waals surface area contributed by atoms with Gasteiger partial charge in [0.25, 0.3) is 5.69 Å². The summed E-state index contributed by atoms with van der Waals surface area (Å²) < 4.78 is 0. The molecule has 0 saturated heterocycles. The van der Waals surface area contributed by atoms with Crippen LogP contribution in [0, 0.1) is 21.4 Å². The van der Waals surface area contributed by atoms with Crippen LogP contribution >= 0.6 is 11.8 Å². The van der Waals surface area contributed by atoms with Crippen molar-refractivity contribution in [3.05, 3.63) is 63.7 Å². The van der Waals surface area contributed by atoms with Crippen molar-refractivity contribution >= 4 is 17.4 Å². The SMILES string of the molecule is N#Cc1ccc(Sc2ccc(CO)cc2)cc1[N+](=O)[O-]. The third-order valence-corrected chi connectivity index (χ3v) is 3.63. The molecule has 0 aliphatic carbocycles. The second-order valence-electron chi connectivity index (χ2n) is 3.95. The molecule has 6 heteroatoms. The molecule has 0 radical (unpaired) electrons. The molecule has 0 spiro atoms. The van der Waals surface area contributed by atoms with E-state index in [0.29, 0.717) is 4.90 Å². The predicted octanol–water partition coefficient (Wildman–Crippen LogP) is 3.11. The summed E-state index contributed by atoms with van der Waals surface area (Å²) in [4.78, 5) is 11.9. The van der Waals surface area contributed by atoms with Crippen molar-refractivity contribution in [2.45, 2.75) is 16.4 Å². The summed E-state index contributed by atoms with van der Waals surface area (Å²) in [5.41, 5.74) is 0.666. The van der Waals surface area contributed by atoms with E-state index in [2.05, 4.69) is 0 Å². The van der Waals surface area contributed by atoms with Crippen LogP contribution < -0.4 is 0 Å². The van der Waals surface area contributed by atoms with Crippen LogP contribution in [0.15, 0.2) is 52.3 Å². The van der Waals surface area contributed by atoms with Crippen molar-refractivity contribution in [3.63, 3.8) is 0 Å². The molecule has 0 unspecified atom stereocenters. The van der Waals surface area contributed by atoms with Crippen molar-refractivity contribution in [3.8, 4) is 6.07 Å². The summed E-state index contributed by atoms with van der Waals surface area (Å²) in [5, 5.41) is 28.7. The van der Waals surface area contributed by atoms with Gasteiger partial charge in [-0.05, 0) is 29.8 Å². The zero-order valence-electron chi connectivity index (χ0n) is 10.3. The normalized spacial score (nSPS) is 10.0. The maximum Gasteiger partial charge on any atom is 0.288 e. The first-order chi connectivity index (χ1) is 9.63. The van der Waals surface area contributed by atoms with E-state index in [-0.39, 0.29) is 17.9 Å². The summed E-state index contributed by atoms with van der Waals surface area (Å²) in [5.74, 6) is 0. The van der Waals surface area contributed by atoms with Gasteiger partial charge in [0.05, 0.1) is 11.5 Å². The zero-order valence-corrected chi connectivity index (χ0v) is 11.1. The van der Waals surface area contributed by atoms with Gasteiger partial charge in [-0.25, -0.2) is 0 Å². The van der Waals surface area contributed by atoms with Gasteiger partial charge < -0.3 is 5.11 Å². The fourth-order valence-electron chi connectivity index (χ4n) is 1.62. The standard InChI is InChI=1S/C14H10N2O3S/c15-8-11-3-6-13(7-14(11)16(18)19)20-12-4-1-10(9-17)2-5-12/h1-7,17H,9H2. The van der Waals surface area contributed by atoms with Gasteiger partial charge in [0.2, 0.25) is 0 Å². The Morgan fingerprint density at radius 1 is 1.20 bits per heavy atom. The molecule has 0 atom stereocenters. The molecule has 2 aromatic carbocycles. The summed E-state index contributed by atoms with van der Waals surface area (Å²) in [6.45, 7) is -0.0206. The minimum atomic E-state index is -0.558. The predicted molar refractivity (Wildman–Crippen MR) is 74.3 cm³/mol. The van der Waals surface area contributed by atoms with Crippen LogP contribution in [0.1, 0.15) is 11.1 Å². The van der Waals surface area contributed by atoms with Crippen molar-refractivity contribution in [1.29, 1.82) is 5.26 Å². The molecule has 0 saturated carbocycles. The molecule has 100 valence electrons. The third-order valence-electron chi connectivity index (χ3n) is 2.63. The lowest BCUT2D eigenvalue weighted by atomic mass is 10.2. The number of nitro groups is 1. The minimum absolute atomic E-state index is 0.0206. The Kier molecular flexibility index (Phi) is 4.35. The van der Waals surface area contributed by atoms with Crippen molar-refractivity contribution in [2.24, 2.45) is 0 Å². The monoisotopic (exact) mass is 286 g/mol. The highest BCUT2D eigenvalue weighted by Crippen LogP contribution is 2.31. The second-order valence-corrected chi connectivity index (χ2v) is 5.10. The number of nitriles is 1. The smallest absolute Gasteiger partial charge is 0.288 e. The topological polar surface area (TPSA) is 87.2 Å². The molecule has 0 fully saturated rings. The van der Waals surface area contributed by atoms with Crippen LogP contribution in [0.2, 0.25) is 0 Å². The molecule has 0 aliphatic rings. The number of nitrogens with zero attached hydrogens (tertiary/aromatic N) is 2. The highest BCUT2D eigenvalue weighted by Gasteiger charge is 2.14. The van der Waals surface area contributed by atoms with Crippen LogP contribution in [0.25, 0.3) is 0 Å². The molecule has 0 heterocycles. The lowest BCUT2D eigenvalue weighted by Gasteiger charge is -2.03. The number of hydrogen-bond donors (Lipinski definition) is 1. The Balaban J connectivity index is 2.27. The van der Waals surface area contributed by atoms with Crippen molar-refractivity contribution in [1.82, 2.24) is 0 Å². The van der Waals surface area contributed by atoms with E-state index in [1.54, 1.807) is 24.3 Å². The Labute approximate surface area is 119 Å². The van der Waals surface area contributed by atoms with Gasteiger partial charge in [-0.3, -0.25) is 10.1 Å². The summed E-state index contributed by atoms with van der Waals surface area (Å²) in [7, 11) is 0. The first kappa shape index (κ1) is 14.1. The van der Waals surface area contributed by atoms with E-state index in [9.17, 15) is 10.1 Å². The molecule has 2 aromatic rings. The van der Waals surface area contributed by atoms with Crippen LogP contribution in [0.4, 0.5) is 5.69 Å². The average molecular weight is 286 g/mol. The van der Waals surface area contributed by atoms with Gasteiger partial charge in [0.15, 0.2) is 0 Å². The van der Waals surface area contributed by atoms with Crippen LogP contribution in [-0.2, 0) is 6.61 Å². The molecule has 0 bridgehead atoms. The summed E-state index contributed by atoms with van der Waals surface area (Å²) in [6.07, 6.45) is 0. The quantitative estimate of drug-likeness (QED) is 0.689. The van der Waals surface area contributed by atoms with E-state index >= 15 is 0 Å². The van der Waals surface area contributed by atoms with Gasteiger partial charge in [-0.15, -0.1) is 0 Å². The number of rotatable bonds is 4. The van der Waals surface area contributed by atoms with Gasteiger partial charge in [-0.2, -0.15) is 5.26 Å². The maximum atomic E-state index is 10.9. The summed E-state index contributed by atoms with van der Waals surface area (Å²) in [6, 6.07) is 13.6. The van der Waals surface area contributed by atoms with Gasteiger partial charge in [0.1, 0.15) is 11.6 Å². The van der Waals surface area contributed by atoms with Crippen molar-refractivity contribution < 1.29 is 10.0 Å². The highest BCUT2D eigenvalue weighted by atomic mass is 32.2. The molecule has 20 heavy (non-hydrogen) atoms. The number of hydrogen-bond acceptors (Lipinski definition) is 5. The first-order valence-corrected chi connectivity index (χ1v) is 6.52. The average Bonchev–Trinajstić information content (AvgIpc) is 2.48.